The van der Waals surface area contributed by atoms with Crippen LogP contribution in [0.4, 0.5) is 5.69 Å². The van der Waals surface area contributed by atoms with Crippen LogP contribution in [0.2, 0.25) is 0 Å². The average Bonchev–Trinajstić information content (AvgIpc) is 2.47. The maximum absolute atomic E-state index is 11.4. The minimum absolute atomic E-state index is 0.0472. The van der Waals surface area contributed by atoms with Crippen molar-refractivity contribution >= 4 is 15.5 Å². The standard InChI is InChI=1S/C15H18N2O3S/c1-11(12-5-4-6-14(9-12)20-2)17-13-7-8-15(16-10-13)21(3,18)19/h4-11,17H,1-3H3. The van der Waals surface area contributed by atoms with E-state index in [1.165, 1.54) is 12.3 Å². The van der Waals surface area contributed by atoms with Gasteiger partial charge in [-0.05, 0) is 36.8 Å². The summed E-state index contributed by atoms with van der Waals surface area (Å²) >= 11 is 0. The van der Waals surface area contributed by atoms with Crippen molar-refractivity contribution in [2.45, 2.75) is 18.0 Å². The summed E-state index contributed by atoms with van der Waals surface area (Å²) in [4.78, 5) is 3.96. The number of rotatable bonds is 5. The zero-order valence-corrected chi connectivity index (χ0v) is 13.0. The van der Waals surface area contributed by atoms with Crippen molar-refractivity contribution in [3.63, 3.8) is 0 Å². The maximum atomic E-state index is 11.4. The van der Waals surface area contributed by atoms with E-state index < -0.39 is 9.84 Å². The second-order valence-electron chi connectivity index (χ2n) is 4.80. The molecular formula is C15H18N2O3S. The number of sulfone groups is 1. The highest BCUT2D eigenvalue weighted by Crippen LogP contribution is 2.22. The molecule has 1 heterocycles. The van der Waals surface area contributed by atoms with Gasteiger partial charge in [0.25, 0.3) is 0 Å². The molecular weight excluding hydrogens is 288 g/mol. The number of aromatic nitrogens is 1. The molecule has 5 nitrogen and oxygen atoms in total. The van der Waals surface area contributed by atoms with Gasteiger partial charge < -0.3 is 10.1 Å². The highest BCUT2D eigenvalue weighted by atomic mass is 32.2. The maximum Gasteiger partial charge on any atom is 0.192 e. The van der Waals surface area contributed by atoms with E-state index in [0.717, 1.165) is 23.3 Å². The second kappa shape index (κ2) is 6.13. The number of hydrogen-bond donors (Lipinski definition) is 1. The summed E-state index contributed by atoms with van der Waals surface area (Å²) in [6.07, 6.45) is 2.66. The van der Waals surface area contributed by atoms with Crippen molar-refractivity contribution in [2.75, 3.05) is 18.7 Å². The number of hydrogen-bond acceptors (Lipinski definition) is 5. The van der Waals surface area contributed by atoms with E-state index in [1.54, 1.807) is 13.2 Å². The first-order chi connectivity index (χ1) is 9.90. The van der Waals surface area contributed by atoms with Crippen molar-refractivity contribution in [3.05, 3.63) is 48.2 Å². The molecule has 0 saturated carbocycles. The topological polar surface area (TPSA) is 68.3 Å². The number of nitrogens with one attached hydrogen (secondary N) is 1. The third-order valence-electron chi connectivity index (χ3n) is 3.09. The number of nitrogens with zero attached hydrogens (tertiary/aromatic N) is 1. The fraction of sp³-hybridized carbons (Fsp3) is 0.267. The summed E-state index contributed by atoms with van der Waals surface area (Å²) < 4.78 is 27.9. The molecule has 2 rings (SSSR count). The lowest BCUT2D eigenvalue weighted by atomic mass is 10.1. The van der Waals surface area contributed by atoms with Crippen LogP contribution < -0.4 is 10.1 Å². The molecule has 0 aliphatic heterocycles. The first-order valence-corrected chi connectivity index (χ1v) is 8.36. The Morgan fingerprint density at radius 3 is 2.57 bits per heavy atom. The van der Waals surface area contributed by atoms with Crippen LogP contribution in [-0.2, 0) is 9.84 Å². The average molecular weight is 306 g/mol. The molecule has 1 unspecified atom stereocenters. The quantitative estimate of drug-likeness (QED) is 0.920. The number of benzene rings is 1. The van der Waals surface area contributed by atoms with Gasteiger partial charge >= 0.3 is 0 Å². The lowest BCUT2D eigenvalue weighted by molar-refractivity contribution is 0.414. The van der Waals surface area contributed by atoms with Gasteiger partial charge in [0.15, 0.2) is 14.9 Å². The van der Waals surface area contributed by atoms with E-state index >= 15 is 0 Å². The number of anilines is 1. The Labute approximate surface area is 124 Å². The minimum Gasteiger partial charge on any atom is -0.497 e. The van der Waals surface area contributed by atoms with Crippen LogP contribution >= 0.6 is 0 Å². The number of pyridine rings is 1. The molecule has 1 N–H and O–H groups in total. The zero-order valence-electron chi connectivity index (χ0n) is 12.2. The molecule has 0 aliphatic rings. The molecule has 112 valence electrons. The van der Waals surface area contributed by atoms with Gasteiger partial charge in [0.2, 0.25) is 0 Å². The van der Waals surface area contributed by atoms with Crippen LogP contribution in [0.25, 0.3) is 0 Å². The van der Waals surface area contributed by atoms with Gasteiger partial charge in [-0.1, -0.05) is 12.1 Å². The fourth-order valence-electron chi connectivity index (χ4n) is 1.93. The fourth-order valence-corrected chi connectivity index (χ4v) is 2.49. The van der Waals surface area contributed by atoms with E-state index in [2.05, 4.69) is 10.3 Å². The summed E-state index contributed by atoms with van der Waals surface area (Å²) in [7, 11) is -1.63. The molecule has 21 heavy (non-hydrogen) atoms. The molecule has 1 aromatic carbocycles. The lowest BCUT2D eigenvalue weighted by Gasteiger charge is -2.16. The molecule has 0 radical (unpaired) electrons. The van der Waals surface area contributed by atoms with Crippen molar-refractivity contribution < 1.29 is 13.2 Å². The van der Waals surface area contributed by atoms with Crippen LogP contribution in [0.1, 0.15) is 18.5 Å². The van der Waals surface area contributed by atoms with Crippen LogP contribution in [0, 0.1) is 0 Å². The summed E-state index contributed by atoms with van der Waals surface area (Å²) in [6.45, 7) is 2.01. The van der Waals surface area contributed by atoms with Gasteiger partial charge in [0, 0.05) is 12.3 Å². The molecule has 1 atom stereocenters. The molecule has 0 spiro atoms. The van der Waals surface area contributed by atoms with Gasteiger partial charge in [-0.2, -0.15) is 0 Å². The van der Waals surface area contributed by atoms with E-state index in [9.17, 15) is 8.42 Å². The molecule has 0 saturated heterocycles. The summed E-state index contributed by atoms with van der Waals surface area (Å²) in [5.41, 5.74) is 1.83. The number of methoxy groups -OCH3 is 1. The first-order valence-electron chi connectivity index (χ1n) is 6.47. The highest BCUT2D eigenvalue weighted by Gasteiger charge is 2.10. The molecule has 1 aromatic heterocycles. The van der Waals surface area contributed by atoms with Crippen LogP contribution in [-0.4, -0.2) is 26.8 Å². The minimum atomic E-state index is -3.26. The summed E-state index contributed by atoms with van der Waals surface area (Å²) in [5.74, 6) is 0.798. The normalized spacial score (nSPS) is 12.7. The molecule has 6 heteroatoms. The predicted octanol–water partition coefficient (Wildman–Crippen LogP) is 2.67. The van der Waals surface area contributed by atoms with E-state index in [0.29, 0.717) is 0 Å². The Morgan fingerprint density at radius 1 is 1.24 bits per heavy atom. The van der Waals surface area contributed by atoms with E-state index in [1.807, 2.05) is 31.2 Å². The van der Waals surface area contributed by atoms with Crippen LogP contribution in [0.3, 0.4) is 0 Å². The third-order valence-corrected chi connectivity index (χ3v) is 4.09. The van der Waals surface area contributed by atoms with Gasteiger partial charge in [-0.3, -0.25) is 0 Å². The molecule has 0 fully saturated rings. The Kier molecular flexibility index (Phi) is 4.47. The first kappa shape index (κ1) is 15.3. The highest BCUT2D eigenvalue weighted by molar-refractivity contribution is 7.90. The van der Waals surface area contributed by atoms with Gasteiger partial charge in [0.1, 0.15) is 5.75 Å². The van der Waals surface area contributed by atoms with Gasteiger partial charge in [0.05, 0.1) is 19.0 Å². The van der Waals surface area contributed by atoms with Gasteiger partial charge in [-0.15, -0.1) is 0 Å². The Bertz CT molecular complexity index is 712. The van der Waals surface area contributed by atoms with E-state index in [-0.39, 0.29) is 11.1 Å². The number of ether oxygens (including phenoxy) is 1. The molecule has 0 amide bonds. The van der Waals surface area contributed by atoms with Crippen molar-refractivity contribution in [3.8, 4) is 5.75 Å². The van der Waals surface area contributed by atoms with Crippen molar-refractivity contribution in [1.82, 2.24) is 4.98 Å². The molecule has 0 bridgehead atoms. The van der Waals surface area contributed by atoms with Crippen LogP contribution in [0.15, 0.2) is 47.6 Å². The Morgan fingerprint density at radius 2 is 2.00 bits per heavy atom. The SMILES string of the molecule is COc1cccc(C(C)Nc2ccc(S(C)(=O)=O)nc2)c1. The second-order valence-corrected chi connectivity index (χ2v) is 6.76. The third kappa shape index (κ3) is 3.95. The predicted molar refractivity (Wildman–Crippen MR) is 82.4 cm³/mol. The van der Waals surface area contributed by atoms with Crippen molar-refractivity contribution in [2.24, 2.45) is 0 Å². The van der Waals surface area contributed by atoms with Crippen molar-refractivity contribution in [1.29, 1.82) is 0 Å². The van der Waals surface area contributed by atoms with E-state index in [4.69, 9.17) is 4.74 Å². The molecule has 2 aromatic rings. The Hall–Kier alpha value is -2.08. The smallest absolute Gasteiger partial charge is 0.192 e. The summed E-state index contributed by atoms with van der Waals surface area (Å²) in [5, 5.41) is 3.35. The monoisotopic (exact) mass is 306 g/mol. The largest absolute Gasteiger partial charge is 0.497 e. The Balaban J connectivity index is 2.14. The van der Waals surface area contributed by atoms with Gasteiger partial charge in [-0.25, -0.2) is 13.4 Å². The molecule has 0 aliphatic carbocycles. The summed E-state index contributed by atoms with van der Waals surface area (Å²) in [6, 6.07) is 11.0. The zero-order chi connectivity index (χ0) is 15.5. The lowest BCUT2D eigenvalue weighted by Crippen LogP contribution is -2.08. The van der Waals surface area contributed by atoms with Crippen LogP contribution in [0.5, 0.6) is 5.75 Å².